The number of rotatable bonds is 4. The summed E-state index contributed by atoms with van der Waals surface area (Å²) in [7, 11) is -2.13. The van der Waals surface area contributed by atoms with Gasteiger partial charge in [-0.1, -0.05) is 11.6 Å². The Labute approximate surface area is 110 Å². The van der Waals surface area contributed by atoms with E-state index in [0.29, 0.717) is 5.69 Å². The summed E-state index contributed by atoms with van der Waals surface area (Å²) in [4.78, 5) is 11.5. The number of carbonyl (C=O) groups is 1. The quantitative estimate of drug-likeness (QED) is 0.910. The molecule has 5 nitrogen and oxygen atoms in total. The molecular formula is C10H12ClFN2O3S. The molecule has 0 heterocycles. The van der Waals surface area contributed by atoms with Gasteiger partial charge in [-0.25, -0.2) is 12.8 Å². The first kappa shape index (κ1) is 14.9. The number of hydrogen-bond donors (Lipinski definition) is 1. The highest BCUT2D eigenvalue weighted by Gasteiger charge is 2.15. The number of amides is 1. The molecule has 18 heavy (non-hydrogen) atoms. The van der Waals surface area contributed by atoms with Gasteiger partial charge in [-0.2, -0.15) is 4.31 Å². The van der Waals surface area contributed by atoms with Crippen LogP contribution in [0.15, 0.2) is 18.2 Å². The van der Waals surface area contributed by atoms with E-state index in [-0.39, 0.29) is 11.6 Å². The average Bonchev–Trinajstić information content (AvgIpc) is 2.22. The lowest BCUT2D eigenvalue weighted by molar-refractivity contribution is -0.116. The van der Waals surface area contributed by atoms with Crippen molar-refractivity contribution in [1.29, 1.82) is 0 Å². The van der Waals surface area contributed by atoms with E-state index in [1.54, 1.807) is 0 Å². The highest BCUT2D eigenvalue weighted by Crippen LogP contribution is 2.19. The number of halogens is 2. The number of hydrogen-bond acceptors (Lipinski definition) is 3. The summed E-state index contributed by atoms with van der Waals surface area (Å²) in [6.07, 6.45) is 0.995. The van der Waals surface area contributed by atoms with Gasteiger partial charge in [0.15, 0.2) is 0 Å². The standard InChI is InChI=1S/C10H12ClFN2O3S/c1-14(18(2,16)17)6-10(15)13-7-3-4-9(12)8(11)5-7/h3-5H,6H2,1-2H3,(H,13,15). The molecule has 1 aromatic rings. The second kappa shape index (κ2) is 5.64. The lowest BCUT2D eigenvalue weighted by Gasteiger charge is -2.13. The van der Waals surface area contributed by atoms with Crippen LogP contribution >= 0.6 is 11.6 Å². The Morgan fingerprint density at radius 3 is 2.61 bits per heavy atom. The highest BCUT2D eigenvalue weighted by atomic mass is 35.5. The molecule has 1 rings (SSSR count). The van der Waals surface area contributed by atoms with Crippen molar-refractivity contribution in [3.05, 3.63) is 29.0 Å². The zero-order valence-electron chi connectivity index (χ0n) is 9.78. The maximum atomic E-state index is 12.9. The monoisotopic (exact) mass is 294 g/mol. The lowest BCUT2D eigenvalue weighted by Crippen LogP contribution is -2.34. The average molecular weight is 295 g/mol. The SMILES string of the molecule is CN(CC(=O)Nc1ccc(F)c(Cl)c1)S(C)(=O)=O. The first-order valence-corrected chi connectivity index (χ1v) is 7.09. The Hall–Kier alpha value is -1.18. The van der Waals surface area contributed by atoms with E-state index in [2.05, 4.69) is 5.32 Å². The minimum Gasteiger partial charge on any atom is -0.325 e. The second-order valence-electron chi connectivity index (χ2n) is 3.70. The van der Waals surface area contributed by atoms with Gasteiger partial charge in [0.05, 0.1) is 17.8 Å². The van der Waals surface area contributed by atoms with Crippen LogP contribution in [0.1, 0.15) is 0 Å². The second-order valence-corrected chi connectivity index (χ2v) is 6.19. The van der Waals surface area contributed by atoms with E-state index >= 15 is 0 Å². The molecule has 0 bridgehead atoms. The molecule has 0 saturated heterocycles. The largest absolute Gasteiger partial charge is 0.325 e. The maximum Gasteiger partial charge on any atom is 0.239 e. The third-order valence-electron chi connectivity index (χ3n) is 2.14. The van der Waals surface area contributed by atoms with Gasteiger partial charge in [0.1, 0.15) is 5.82 Å². The van der Waals surface area contributed by atoms with Gasteiger partial charge < -0.3 is 5.32 Å². The summed E-state index contributed by atoms with van der Waals surface area (Å²) in [6.45, 7) is -0.326. The van der Waals surface area contributed by atoms with Crippen molar-refractivity contribution in [2.45, 2.75) is 0 Å². The Bertz CT molecular complexity index is 562. The van der Waals surface area contributed by atoms with Crippen LogP contribution in [0.5, 0.6) is 0 Å². The number of nitrogens with one attached hydrogen (secondary N) is 1. The van der Waals surface area contributed by atoms with Gasteiger partial charge in [0, 0.05) is 12.7 Å². The van der Waals surface area contributed by atoms with E-state index in [9.17, 15) is 17.6 Å². The van der Waals surface area contributed by atoms with Gasteiger partial charge in [0.25, 0.3) is 0 Å². The van der Waals surface area contributed by atoms with Gasteiger partial charge in [-0.05, 0) is 18.2 Å². The zero-order chi connectivity index (χ0) is 13.9. The van der Waals surface area contributed by atoms with Crippen LogP contribution in [0.2, 0.25) is 5.02 Å². The van der Waals surface area contributed by atoms with Crippen molar-refractivity contribution in [3.63, 3.8) is 0 Å². The van der Waals surface area contributed by atoms with E-state index in [1.165, 1.54) is 19.2 Å². The molecule has 1 amide bonds. The van der Waals surface area contributed by atoms with E-state index in [4.69, 9.17) is 11.6 Å². The molecule has 1 N–H and O–H groups in total. The fraction of sp³-hybridized carbons (Fsp3) is 0.300. The molecule has 0 atom stereocenters. The summed E-state index contributed by atoms with van der Waals surface area (Å²) in [5.41, 5.74) is 0.299. The van der Waals surface area contributed by atoms with Crippen LogP contribution in [-0.4, -0.2) is 38.5 Å². The van der Waals surface area contributed by atoms with Crippen LogP contribution < -0.4 is 5.32 Å². The minimum atomic E-state index is -3.42. The van der Waals surface area contributed by atoms with Crippen molar-refractivity contribution >= 4 is 33.2 Å². The van der Waals surface area contributed by atoms with Gasteiger partial charge in [0.2, 0.25) is 15.9 Å². The maximum absolute atomic E-state index is 12.9. The van der Waals surface area contributed by atoms with Gasteiger partial charge >= 0.3 is 0 Å². The molecule has 0 aliphatic carbocycles. The Morgan fingerprint density at radius 2 is 2.11 bits per heavy atom. The molecule has 1 aromatic carbocycles. The molecule has 0 spiro atoms. The Kier molecular flexibility index (Phi) is 4.66. The van der Waals surface area contributed by atoms with Crippen LogP contribution in [-0.2, 0) is 14.8 Å². The third-order valence-corrected chi connectivity index (χ3v) is 3.69. The molecule has 0 aromatic heterocycles. The van der Waals surface area contributed by atoms with Crippen LogP contribution in [0, 0.1) is 5.82 Å². The normalized spacial score (nSPS) is 11.6. The van der Waals surface area contributed by atoms with Crippen molar-refractivity contribution < 1.29 is 17.6 Å². The Morgan fingerprint density at radius 1 is 1.50 bits per heavy atom. The minimum absolute atomic E-state index is 0.121. The molecule has 0 fully saturated rings. The molecular weight excluding hydrogens is 283 g/mol. The van der Waals surface area contributed by atoms with Gasteiger partial charge in [-0.15, -0.1) is 0 Å². The molecule has 0 aliphatic rings. The number of sulfonamides is 1. The van der Waals surface area contributed by atoms with Crippen molar-refractivity contribution in [2.75, 3.05) is 25.2 Å². The smallest absolute Gasteiger partial charge is 0.239 e. The first-order valence-electron chi connectivity index (χ1n) is 4.86. The fourth-order valence-electron chi connectivity index (χ4n) is 1.09. The summed E-state index contributed by atoms with van der Waals surface area (Å²) >= 11 is 5.54. The lowest BCUT2D eigenvalue weighted by atomic mass is 10.3. The predicted molar refractivity (Wildman–Crippen MR) is 67.5 cm³/mol. The van der Waals surface area contributed by atoms with Gasteiger partial charge in [-0.3, -0.25) is 4.79 Å². The topological polar surface area (TPSA) is 66.5 Å². The van der Waals surface area contributed by atoms with E-state index in [0.717, 1.165) is 16.6 Å². The summed E-state index contributed by atoms with van der Waals surface area (Å²) in [5.74, 6) is -1.13. The zero-order valence-corrected chi connectivity index (χ0v) is 11.3. The van der Waals surface area contributed by atoms with E-state index < -0.39 is 21.7 Å². The number of nitrogens with zero attached hydrogens (tertiary/aromatic N) is 1. The van der Waals surface area contributed by atoms with Crippen molar-refractivity contribution in [3.8, 4) is 0 Å². The van der Waals surface area contributed by atoms with E-state index in [1.807, 2.05) is 0 Å². The fourth-order valence-corrected chi connectivity index (χ4v) is 1.63. The molecule has 0 aliphatic heterocycles. The summed E-state index contributed by atoms with van der Waals surface area (Å²) < 4.78 is 36.0. The number of carbonyl (C=O) groups excluding carboxylic acids is 1. The molecule has 0 saturated carbocycles. The molecule has 100 valence electrons. The van der Waals surface area contributed by atoms with Crippen LogP contribution in [0.3, 0.4) is 0 Å². The summed E-state index contributed by atoms with van der Waals surface area (Å²) in [5, 5.41) is 2.30. The summed E-state index contributed by atoms with van der Waals surface area (Å²) in [6, 6.07) is 3.69. The van der Waals surface area contributed by atoms with Crippen molar-refractivity contribution in [1.82, 2.24) is 4.31 Å². The first-order chi connectivity index (χ1) is 8.20. The molecule has 0 radical (unpaired) electrons. The van der Waals surface area contributed by atoms with Crippen LogP contribution in [0.4, 0.5) is 10.1 Å². The molecule has 8 heteroatoms. The Balaban J connectivity index is 2.68. The number of benzene rings is 1. The van der Waals surface area contributed by atoms with Crippen molar-refractivity contribution in [2.24, 2.45) is 0 Å². The van der Waals surface area contributed by atoms with Crippen LogP contribution in [0.25, 0.3) is 0 Å². The predicted octanol–water partition coefficient (Wildman–Crippen LogP) is 1.31. The number of likely N-dealkylation sites (N-methyl/N-ethyl adjacent to an activating group) is 1. The number of anilines is 1. The highest BCUT2D eigenvalue weighted by molar-refractivity contribution is 7.88. The third kappa shape index (κ3) is 4.25. The molecule has 0 unspecified atom stereocenters.